The van der Waals surface area contributed by atoms with Crippen LogP contribution in [0.15, 0.2) is 29.3 Å². The number of hydrogen-bond acceptors (Lipinski definition) is 3. The van der Waals surface area contributed by atoms with Crippen LogP contribution in [0.3, 0.4) is 0 Å². The molecular weight excluding hydrogens is 437 g/mol. The van der Waals surface area contributed by atoms with Crippen LogP contribution in [0.1, 0.15) is 12.5 Å². The normalized spacial score (nSPS) is 11.7. The Hall–Kier alpha value is -0.540. The Balaban J connectivity index is 0.00000441. The molecule has 1 rings (SSSR count). The summed E-state index contributed by atoms with van der Waals surface area (Å²) in [7, 11) is -1.08. The third-order valence-electron chi connectivity index (χ3n) is 2.75. The van der Waals surface area contributed by atoms with Crippen LogP contribution in [0.25, 0.3) is 0 Å². The molecule has 0 saturated heterocycles. The zero-order valence-corrected chi connectivity index (χ0v) is 16.9. The highest BCUT2D eigenvalue weighted by molar-refractivity contribution is 14.0. The molecular formula is C14H23ClIN3O2S. The van der Waals surface area contributed by atoms with Crippen LogP contribution in [0.2, 0.25) is 5.02 Å². The molecule has 0 unspecified atom stereocenters. The predicted molar refractivity (Wildman–Crippen MR) is 104 cm³/mol. The summed E-state index contributed by atoms with van der Waals surface area (Å²) in [6.07, 6.45) is 1.22. The van der Waals surface area contributed by atoms with Gasteiger partial charge in [0.1, 0.15) is 9.84 Å². The molecule has 1 aromatic carbocycles. The van der Waals surface area contributed by atoms with Gasteiger partial charge in [-0.05, 0) is 24.6 Å². The fraction of sp³-hybridized carbons (Fsp3) is 0.500. The molecule has 0 saturated carbocycles. The van der Waals surface area contributed by atoms with Crippen molar-refractivity contribution >= 4 is 51.4 Å². The van der Waals surface area contributed by atoms with Crippen LogP contribution >= 0.6 is 35.6 Å². The molecule has 0 spiro atoms. The van der Waals surface area contributed by atoms with Crippen molar-refractivity contribution in [2.45, 2.75) is 13.5 Å². The number of sulfone groups is 1. The number of nitrogens with one attached hydrogen (secondary N) is 1. The molecule has 0 fully saturated rings. The van der Waals surface area contributed by atoms with Gasteiger partial charge in [-0.25, -0.2) is 8.42 Å². The van der Waals surface area contributed by atoms with E-state index in [0.717, 1.165) is 12.1 Å². The quantitative estimate of drug-likeness (QED) is 0.403. The number of nitrogens with zero attached hydrogens (tertiary/aromatic N) is 2. The van der Waals surface area contributed by atoms with E-state index in [0.29, 0.717) is 17.5 Å². The van der Waals surface area contributed by atoms with Crippen molar-refractivity contribution < 1.29 is 8.42 Å². The maximum atomic E-state index is 11.1. The standard InChI is InChI=1S/C14H22ClN3O2S.HI/c1-4-16-14(17-9-10-21(3,19)20)18(2)11-12-5-7-13(15)8-6-12;/h5-8H,4,9-11H2,1-3H3,(H,16,17);1H. The van der Waals surface area contributed by atoms with E-state index in [-0.39, 0.29) is 36.3 Å². The fourth-order valence-corrected chi connectivity index (χ4v) is 2.27. The molecule has 126 valence electrons. The first-order valence-electron chi connectivity index (χ1n) is 6.73. The summed E-state index contributed by atoms with van der Waals surface area (Å²) in [5.41, 5.74) is 1.11. The van der Waals surface area contributed by atoms with E-state index in [4.69, 9.17) is 11.6 Å². The molecule has 5 nitrogen and oxygen atoms in total. The van der Waals surface area contributed by atoms with Crippen molar-refractivity contribution in [3.63, 3.8) is 0 Å². The lowest BCUT2D eigenvalue weighted by molar-refractivity contribution is 0.477. The first-order valence-corrected chi connectivity index (χ1v) is 9.17. The summed E-state index contributed by atoms with van der Waals surface area (Å²) >= 11 is 5.87. The van der Waals surface area contributed by atoms with Gasteiger partial charge in [0.05, 0.1) is 12.3 Å². The molecule has 0 atom stereocenters. The SMILES string of the molecule is CCNC(=NCCS(C)(=O)=O)N(C)Cc1ccc(Cl)cc1.I. The molecule has 0 amide bonds. The molecule has 0 aliphatic heterocycles. The summed E-state index contributed by atoms with van der Waals surface area (Å²) < 4.78 is 22.3. The summed E-state index contributed by atoms with van der Waals surface area (Å²) in [5.74, 6) is 0.743. The second-order valence-corrected chi connectivity index (χ2v) is 7.54. The molecule has 0 aliphatic carbocycles. The number of guanidine groups is 1. The first kappa shape index (κ1) is 21.5. The number of rotatable bonds is 6. The molecule has 0 aliphatic rings. The Morgan fingerprint density at radius 1 is 1.32 bits per heavy atom. The largest absolute Gasteiger partial charge is 0.357 e. The smallest absolute Gasteiger partial charge is 0.193 e. The minimum absolute atomic E-state index is 0. The zero-order valence-electron chi connectivity index (χ0n) is 13.0. The number of hydrogen-bond donors (Lipinski definition) is 1. The fourth-order valence-electron chi connectivity index (χ4n) is 1.73. The Morgan fingerprint density at radius 2 is 1.91 bits per heavy atom. The van der Waals surface area contributed by atoms with E-state index in [1.165, 1.54) is 6.26 Å². The van der Waals surface area contributed by atoms with Crippen molar-refractivity contribution in [2.75, 3.05) is 32.1 Å². The molecule has 0 bridgehead atoms. The molecule has 0 aromatic heterocycles. The third kappa shape index (κ3) is 8.79. The van der Waals surface area contributed by atoms with Gasteiger partial charge in [0.15, 0.2) is 5.96 Å². The van der Waals surface area contributed by atoms with Gasteiger partial charge >= 0.3 is 0 Å². The van der Waals surface area contributed by atoms with Gasteiger partial charge in [0.2, 0.25) is 0 Å². The highest BCUT2D eigenvalue weighted by Gasteiger charge is 2.07. The average Bonchev–Trinajstić information content (AvgIpc) is 2.39. The minimum atomic E-state index is -2.99. The van der Waals surface area contributed by atoms with Crippen LogP contribution in [-0.2, 0) is 16.4 Å². The van der Waals surface area contributed by atoms with Crippen LogP contribution in [0.5, 0.6) is 0 Å². The van der Waals surface area contributed by atoms with Crippen LogP contribution in [0, 0.1) is 0 Å². The summed E-state index contributed by atoms with van der Waals surface area (Å²) in [5, 5.41) is 3.86. The van der Waals surface area contributed by atoms with E-state index in [9.17, 15) is 8.42 Å². The van der Waals surface area contributed by atoms with Gasteiger partial charge < -0.3 is 10.2 Å². The topological polar surface area (TPSA) is 61.8 Å². The van der Waals surface area contributed by atoms with E-state index in [1.807, 2.05) is 43.1 Å². The Morgan fingerprint density at radius 3 is 2.41 bits per heavy atom. The second kappa shape index (κ2) is 10.3. The molecule has 1 aromatic rings. The highest BCUT2D eigenvalue weighted by atomic mass is 127. The monoisotopic (exact) mass is 459 g/mol. The number of benzene rings is 1. The van der Waals surface area contributed by atoms with E-state index >= 15 is 0 Å². The summed E-state index contributed by atoms with van der Waals surface area (Å²) in [6.45, 7) is 3.62. The Kier molecular flexibility index (Phi) is 10.0. The summed E-state index contributed by atoms with van der Waals surface area (Å²) in [6, 6.07) is 7.61. The molecule has 8 heteroatoms. The van der Waals surface area contributed by atoms with Crippen LogP contribution in [-0.4, -0.2) is 51.4 Å². The molecule has 1 N–H and O–H groups in total. The van der Waals surface area contributed by atoms with Gasteiger partial charge in [0.25, 0.3) is 0 Å². The van der Waals surface area contributed by atoms with Crippen molar-refractivity contribution in [3.05, 3.63) is 34.9 Å². The van der Waals surface area contributed by atoms with E-state index < -0.39 is 9.84 Å². The lowest BCUT2D eigenvalue weighted by atomic mass is 10.2. The second-order valence-electron chi connectivity index (χ2n) is 4.85. The summed E-state index contributed by atoms with van der Waals surface area (Å²) in [4.78, 5) is 6.29. The van der Waals surface area contributed by atoms with Gasteiger partial charge in [-0.2, -0.15) is 0 Å². The van der Waals surface area contributed by atoms with Gasteiger partial charge in [0, 0.05) is 31.4 Å². The van der Waals surface area contributed by atoms with Crippen molar-refractivity contribution in [3.8, 4) is 0 Å². The van der Waals surface area contributed by atoms with Crippen LogP contribution < -0.4 is 5.32 Å². The molecule has 0 radical (unpaired) electrons. The Bertz CT molecular complexity index is 576. The van der Waals surface area contributed by atoms with Gasteiger partial charge in [-0.1, -0.05) is 23.7 Å². The first-order chi connectivity index (χ1) is 9.81. The van der Waals surface area contributed by atoms with Crippen molar-refractivity contribution in [1.29, 1.82) is 0 Å². The van der Waals surface area contributed by atoms with Gasteiger partial charge in [-0.3, -0.25) is 4.99 Å². The predicted octanol–water partition coefficient (Wildman–Crippen LogP) is 2.40. The van der Waals surface area contributed by atoms with Crippen molar-refractivity contribution in [2.24, 2.45) is 4.99 Å². The van der Waals surface area contributed by atoms with E-state index in [2.05, 4.69) is 10.3 Å². The molecule has 22 heavy (non-hydrogen) atoms. The third-order valence-corrected chi connectivity index (χ3v) is 3.93. The lowest BCUT2D eigenvalue weighted by Gasteiger charge is -2.22. The maximum Gasteiger partial charge on any atom is 0.193 e. The van der Waals surface area contributed by atoms with E-state index in [1.54, 1.807) is 0 Å². The highest BCUT2D eigenvalue weighted by Crippen LogP contribution is 2.11. The maximum absolute atomic E-state index is 11.1. The molecule has 0 heterocycles. The average molecular weight is 460 g/mol. The number of aliphatic imine (C=N–C) groups is 1. The number of halogens is 2. The van der Waals surface area contributed by atoms with Crippen molar-refractivity contribution in [1.82, 2.24) is 10.2 Å². The van der Waals surface area contributed by atoms with Crippen LogP contribution in [0.4, 0.5) is 0 Å². The minimum Gasteiger partial charge on any atom is -0.357 e. The zero-order chi connectivity index (χ0) is 15.9. The van der Waals surface area contributed by atoms with Gasteiger partial charge in [-0.15, -0.1) is 24.0 Å². The lowest BCUT2D eigenvalue weighted by Crippen LogP contribution is -2.38. The Labute approximate surface area is 155 Å².